The van der Waals surface area contributed by atoms with Crippen LogP contribution in [0.25, 0.3) is 6.08 Å². The topological polar surface area (TPSA) is 62.3 Å². The third-order valence-electron chi connectivity index (χ3n) is 3.05. The van der Waals surface area contributed by atoms with Crippen LogP contribution in [-0.4, -0.2) is 32.6 Å². The number of nitrogens with one attached hydrogen (secondary N) is 1. The fourth-order valence-electron chi connectivity index (χ4n) is 1.96. The number of rotatable bonds is 4. The summed E-state index contributed by atoms with van der Waals surface area (Å²) in [6.45, 7) is -0.209. The van der Waals surface area contributed by atoms with E-state index in [-0.39, 0.29) is 15.8 Å². The average Bonchev–Trinajstić information content (AvgIpc) is 3.14. The maximum atomic E-state index is 13.7. The van der Waals surface area contributed by atoms with E-state index in [4.69, 9.17) is 12.2 Å². The maximum absolute atomic E-state index is 13.7. The standard InChI is InChI=1S/C15H10FN3O2S3/c16-10-4-2-1-3-9(10)7-11-13(21)19(15(22)24-11)8-12(20)18-14-17-5-6-23-14/h1-7H,8H2,(H,17,18,20)/b11-7-. The predicted octanol–water partition coefficient (Wildman–Crippen LogP) is 3.12. The van der Waals surface area contributed by atoms with Crippen molar-refractivity contribution < 1.29 is 14.0 Å². The Morgan fingerprint density at radius 3 is 2.92 bits per heavy atom. The Balaban J connectivity index is 1.72. The lowest BCUT2D eigenvalue weighted by Gasteiger charge is -2.13. The van der Waals surface area contributed by atoms with Gasteiger partial charge >= 0.3 is 0 Å². The normalized spacial score (nSPS) is 16.0. The molecule has 0 bridgehead atoms. The van der Waals surface area contributed by atoms with Crippen LogP contribution in [0.15, 0.2) is 40.7 Å². The number of benzene rings is 1. The molecule has 0 atom stereocenters. The largest absolute Gasteiger partial charge is 0.300 e. The van der Waals surface area contributed by atoms with Gasteiger partial charge in [-0.15, -0.1) is 11.3 Å². The molecular formula is C15H10FN3O2S3. The number of nitrogens with zero attached hydrogens (tertiary/aromatic N) is 2. The van der Waals surface area contributed by atoms with Gasteiger partial charge in [0.05, 0.1) is 4.91 Å². The SMILES string of the molecule is O=C(CN1C(=O)/C(=C/c2ccccc2F)SC1=S)Nc1nccs1. The van der Waals surface area contributed by atoms with Crippen LogP contribution < -0.4 is 5.32 Å². The lowest BCUT2D eigenvalue weighted by molar-refractivity contribution is -0.126. The third-order valence-corrected chi connectivity index (χ3v) is 5.11. The predicted molar refractivity (Wildman–Crippen MR) is 97.0 cm³/mol. The molecule has 2 amide bonds. The molecular weight excluding hydrogens is 369 g/mol. The molecule has 1 aromatic heterocycles. The first-order valence-corrected chi connectivity index (χ1v) is 8.84. The molecule has 0 spiro atoms. The zero-order valence-electron chi connectivity index (χ0n) is 12.1. The molecule has 2 heterocycles. The van der Waals surface area contributed by atoms with E-state index in [1.54, 1.807) is 29.8 Å². The number of amides is 2. The van der Waals surface area contributed by atoms with Crippen molar-refractivity contribution in [2.45, 2.75) is 0 Å². The van der Waals surface area contributed by atoms with E-state index in [0.717, 1.165) is 11.8 Å². The van der Waals surface area contributed by atoms with Crippen molar-refractivity contribution in [3.05, 3.63) is 52.1 Å². The summed E-state index contributed by atoms with van der Waals surface area (Å²) < 4.78 is 14.0. The highest BCUT2D eigenvalue weighted by Crippen LogP contribution is 2.32. The van der Waals surface area contributed by atoms with E-state index in [1.807, 2.05) is 0 Å². The van der Waals surface area contributed by atoms with Crippen LogP contribution in [0.3, 0.4) is 0 Å². The van der Waals surface area contributed by atoms with Crippen LogP contribution in [0.5, 0.6) is 0 Å². The Morgan fingerprint density at radius 1 is 1.42 bits per heavy atom. The Morgan fingerprint density at radius 2 is 2.21 bits per heavy atom. The number of hydrogen-bond donors (Lipinski definition) is 1. The van der Waals surface area contributed by atoms with E-state index in [9.17, 15) is 14.0 Å². The van der Waals surface area contributed by atoms with Gasteiger partial charge in [0.2, 0.25) is 5.91 Å². The summed E-state index contributed by atoms with van der Waals surface area (Å²) in [4.78, 5) is 29.8. The van der Waals surface area contributed by atoms with Crippen LogP contribution in [0.4, 0.5) is 9.52 Å². The Hall–Kier alpha value is -2.10. The molecule has 1 aromatic carbocycles. The summed E-state index contributed by atoms with van der Waals surface area (Å²) in [6, 6.07) is 6.13. The number of thioether (sulfide) groups is 1. The molecule has 0 aliphatic carbocycles. The smallest absolute Gasteiger partial charge is 0.266 e. The highest BCUT2D eigenvalue weighted by molar-refractivity contribution is 8.26. The number of hydrogen-bond acceptors (Lipinski definition) is 6. The van der Waals surface area contributed by atoms with Crippen molar-refractivity contribution in [2.24, 2.45) is 0 Å². The van der Waals surface area contributed by atoms with Gasteiger partial charge in [0, 0.05) is 17.1 Å². The molecule has 0 saturated carbocycles. The van der Waals surface area contributed by atoms with Crippen LogP contribution in [-0.2, 0) is 9.59 Å². The quantitative estimate of drug-likeness (QED) is 0.653. The lowest BCUT2D eigenvalue weighted by Crippen LogP contribution is -2.36. The van der Waals surface area contributed by atoms with Gasteiger partial charge in [0.25, 0.3) is 5.91 Å². The van der Waals surface area contributed by atoms with E-state index in [2.05, 4.69) is 10.3 Å². The van der Waals surface area contributed by atoms with Gasteiger partial charge in [0.15, 0.2) is 5.13 Å². The van der Waals surface area contributed by atoms with Gasteiger partial charge in [-0.1, -0.05) is 42.2 Å². The minimum absolute atomic E-state index is 0.209. The minimum Gasteiger partial charge on any atom is -0.300 e. The number of thiocarbonyl (C=S) groups is 1. The lowest BCUT2D eigenvalue weighted by atomic mass is 10.2. The van der Waals surface area contributed by atoms with Crippen molar-refractivity contribution >= 4 is 62.7 Å². The number of carbonyl (C=O) groups is 2. The fourth-order valence-corrected chi connectivity index (χ4v) is 3.75. The van der Waals surface area contributed by atoms with Crippen molar-refractivity contribution in [1.82, 2.24) is 9.88 Å². The first-order chi connectivity index (χ1) is 11.5. The summed E-state index contributed by atoms with van der Waals surface area (Å²) in [5.41, 5.74) is 0.297. The number of anilines is 1. The molecule has 3 rings (SSSR count). The Bertz CT molecular complexity index is 836. The fraction of sp³-hybridized carbons (Fsp3) is 0.0667. The van der Waals surface area contributed by atoms with Gasteiger partial charge in [-0.05, 0) is 12.1 Å². The second-order valence-corrected chi connectivity index (χ2v) is 7.25. The summed E-state index contributed by atoms with van der Waals surface area (Å²) in [6.07, 6.45) is 3.00. The zero-order chi connectivity index (χ0) is 17.1. The van der Waals surface area contributed by atoms with Gasteiger partial charge < -0.3 is 5.32 Å². The van der Waals surface area contributed by atoms with E-state index in [0.29, 0.717) is 10.7 Å². The molecule has 0 unspecified atom stereocenters. The first kappa shape index (κ1) is 16.7. The highest BCUT2D eigenvalue weighted by Gasteiger charge is 2.33. The molecule has 1 aliphatic rings. The number of thiazole rings is 1. The number of aromatic nitrogens is 1. The second kappa shape index (κ2) is 7.20. The average molecular weight is 379 g/mol. The van der Waals surface area contributed by atoms with Crippen molar-refractivity contribution in [3.63, 3.8) is 0 Å². The summed E-state index contributed by atoms with van der Waals surface area (Å²) in [5.74, 6) is -1.24. The van der Waals surface area contributed by atoms with Gasteiger partial charge in [0.1, 0.15) is 16.7 Å². The third kappa shape index (κ3) is 3.69. The molecule has 0 radical (unpaired) electrons. The highest BCUT2D eigenvalue weighted by atomic mass is 32.2. The Kier molecular flexibility index (Phi) is 5.03. The zero-order valence-corrected chi connectivity index (χ0v) is 14.5. The Labute approximate surface area is 150 Å². The molecule has 1 fully saturated rings. The van der Waals surface area contributed by atoms with Crippen LogP contribution in [0.2, 0.25) is 0 Å². The second-order valence-electron chi connectivity index (χ2n) is 4.67. The van der Waals surface area contributed by atoms with Crippen molar-refractivity contribution in [3.8, 4) is 0 Å². The minimum atomic E-state index is -0.427. The molecule has 1 saturated heterocycles. The summed E-state index contributed by atoms with van der Waals surface area (Å²) >= 11 is 7.47. The van der Waals surface area contributed by atoms with Gasteiger partial charge in [-0.3, -0.25) is 14.5 Å². The maximum Gasteiger partial charge on any atom is 0.266 e. The first-order valence-electron chi connectivity index (χ1n) is 6.74. The molecule has 9 heteroatoms. The van der Waals surface area contributed by atoms with Gasteiger partial charge in [-0.25, -0.2) is 9.37 Å². The monoisotopic (exact) mass is 379 g/mol. The van der Waals surface area contributed by atoms with Gasteiger partial charge in [-0.2, -0.15) is 0 Å². The molecule has 2 aromatic rings. The van der Waals surface area contributed by atoms with Crippen LogP contribution in [0, 0.1) is 5.82 Å². The van der Waals surface area contributed by atoms with E-state index in [1.165, 1.54) is 28.4 Å². The molecule has 1 aliphatic heterocycles. The number of carbonyl (C=O) groups excluding carboxylic acids is 2. The molecule has 24 heavy (non-hydrogen) atoms. The number of halogens is 1. The van der Waals surface area contributed by atoms with E-state index < -0.39 is 17.6 Å². The van der Waals surface area contributed by atoms with Crippen LogP contribution in [0.1, 0.15) is 5.56 Å². The molecule has 5 nitrogen and oxygen atoms in total. The van der Waals surface area contributed by atoms with E-state index >= 15 is 0 Å². The van der Waals surface area contributed by atoms with Crippen molar-refractivity contribution in [1.29, 1.82) is 0 Å². The summed E-state index contributed by atoms with van der Waals surface area (Å²) in [5, 5.41) is 4.77. The van der Waals surface area contributed by atoms with Crippen LogP contribution >= 0.6 is 35.3 Å². The molecule has 122 valence electrons. The van der Waals surface area contributed by atoms with Crippen molar-refractivity contribution in [2.75, 3.05) is 11.9 Å². The summed E-state index contributed by atoms with van der Waals surface area (Å²) in [7, 11) is 0. The molecule has 1 N–H and O–H groups in total.